The molecule has 0 aliphatic carbocycles. The molecule has 0 saturated carbocycles. The molecule has 1 N–H and O–H groups in total. The van der Waals surface area contributed by atoms with Crippen molar-refractivity contribution in [2.75, 3.05) is 33.7 Å². The summed E-state index contributed by atoms with van der Waals surface area (Å²) >= 11 is 0. The van der Waals surface area contributed by atoms with Gasteiger partial charge < -0.3 is 14.9 Å². The molecule has 92 valence electrons. The van der Waals surface area contributed by atoms with E-state index in [1.807, 2.05) is 0 Å². The van der Waals surface area contributed by atoms with Crippen LogP contribution < -0.4 is 0 Å². The highest BCUT2D eigenvalue weighted by molar-refractivity contribution is 5.81. The van der Waals surface area contributed by atoms with E-state index >= 15 is 0 Å². The van der Waals surface area contributed by atoms with E-state index in [1.165, 1.54) is 4.90 Å². The molecule has 0 aromatic heterocycles. The number of carbonyl (C=O) groups is 2. The predicted molar refractivity (Wildman–Crippen MR) is 60.1 cm³/mol. The zero-order valence-electron chi connectivity index (χ0n) is 9.98. The Kier molecular flexibility index (Phi) is 4.73. The van der Waals surface area contributed by atoms with Crippen LogP contribution in [0.15, 0.2) is 0 Å². The van der Waals surface area contributed by atoms with Gasteiger partial charge in [0.05, 0.1) is 0 Å². The standard InChI is InChI=1S/C11H20N2O3/c1-12-5-3-4-9(7-12)6-10(14)13(2)8-11(15)16/h9H,3-8H2,1-2H3,(H,15,16). The van der Waals surface area contributed by atoms with Crippen LogP contribution in [0, 0.1) is 5.92 Å². The second-order valence-electron chi connectivity index (χ2n) is 4.62. The lowest BCUT2D eigenvalue weighted by molar-refractivity contribution is -0.143. The van der Waals surface area contributed by atoms with Crippen molar-refractivity contribution in [1.29, 1.82) is 0 Å². The zero-order valence-corrected chi connectivity index (χ0v) is 9.98. The van der Waals surface area contributed by atoms with E-state index in [9.17, 15) is 9.59 Å². The number of likely N-dealkylation sites (tertiary alicyclic amines) is 1. The molecule has 0 aromatic carbocycles. The van der Waals surface area contributed by atoms with Gasteiger partial charge in [0, 0.05) is 20.0 Å². The molecular weight excluding hydrogens is 208 g/mol. The van der Waals surface area contributed by atoms with Crippen LogP contribution in [0.25, 0.3) is 0 Å². The van der Waals surface area contributed by atoms with Crippen LogP contribution in [-0.4, -0.2) is 60.5 Å². The molecule has 1 heterocycles. The van der Waals surface area contributed by atoms with Crippen molar-refractivity contribution in [2.45, 2.75) is 19.3 Å². The third-order valence-corrected chi connectivity index (χ3v) is 2.98. The molecule has 0 spiro atoms. The summed E-state index contributed by atoms with van der Waals surface area (Å²) in [6, 6.07) is 0. The van der Waals surface area contributed by atoms with Crippen LogP contribution in [-0.2, 0) is 9.59 Å². The number of rotatable bonds is 4. The molecular formula is C11H20N2O3. The Bertz CT molecular complexity index is 268. The van der Waals surface area contributed by atoms with Crippen LogP contribution in [0.2, 0.25) is 0 Å². The molecule has 1 rings (SSSR count). The number of hydrogen-bond acceptors (Lipinski definition) is 3. The minimum absolute atomic E-state index is 0.0669. The Hall–Kier alpha value is -1.10. The molecule has 1 amide bonds. The van der Waals surface area contributed by atoms with Crippen LogP contribution in [0.5, 0.6) is 0 Å². The average molecular weight is 228 g/mol. The number of hydrogen-bond donors (Lipinski definition) is 1. The van der Waals surface area contributed by atoms with Gasteiger partial charge in [-0.05, 0) is 32.4 Å². The number of aliphatic carboxylic acids is 1. The van der Waals surface area contributed by atoms with E-state index in [1.54, 1.807) is 7.05 Å². The fraction of sp³-hybridized carbons (Fsp3) is 0.818. The molecule has 0 bridgehead atoms. The van der Waals surface area contributed by atoms with Gasteiger partial charge in [0.2, 0.25) is 5.91 Å². The first-order chi connectivity index (χ1) is 7.49. The number of carboxylic acids is 1. The first kappa shape index (κ1) is 13.0. The monoisotopic (exact) mass is 228 g/mol. The van der Waals surface area contributed by atoms with Gasteiger partial charge >= 0.3 is 5.97 Å². The fourth-order valence-electron chi connectivity index (χ4n) is 2.13. The number of amides is 1. The molecule has 1 aliphatic rings. The van der Waals surface area contributed by atoms with Gasteiger partial charge in [0.25, 0.3) is 0 Å². The molecule has 1 aliphatic heterocycles. The second-order valence-corrected chi connectivity index (χ2v) is 4.62. The van der Waals surface area contributed by atoms with Gasteiger partial charge in [-0.15, -0.1) is 0 Å². The first-order valence-corrected chi connectivity index (χ1v) is 5.63. The third-order valence-electron chi connectivity index (χ3n) is 2.98. The van der Waals surface area contributed by atoms with Crippen LogP contribution in [0.4, 0.5) is 0 Å². The van der Waals surface area contributed by atoms with Gasteiger partial charge in [-0.1, -0.05) is 0 Å². The summed E-state index contributed by atoms with van der Waals surface area (Å²) in [6.45, 7) is 1.82. The Morgan fingerprint density at radius 1 is 1.50 bits per heavy atom. The largest absolute Gasteiger partial charge is 0.480 e. The highest BCUT2D eigenvalue weighted by Gasteiger charge is 2.22. The Morgan fingerprint density at radius 2 is 2.19 bits per heavy atom. The van der Waals surface area contributed by atoms with Gasteiger partial charge in [-0.2, -0.15) is 0 Å². The van der Waals surface area contributed by atoms with E-state index in [-0.39, 0.29) is 12.5 Å². The summed E-state index contributed by atoms with van der Waals surface area (Å²) < 4.78 is 0. The van der Waals surface area contributed by atoms with Gasteiger partial charge in [-0.25, -0.2) is 0 Å². The minimum Gasteiger partial charge on any atom is -0.480 e. The summed E-state index contributed by atoms with van der Waals surface area (Å²) in [5.41, 5.74) is 0. The topological polar surface area (TPSA) is 60.9 Å². The number of carbonyl (C=O) groups excluding carboxylic acids is 1. The van der Waals surface area contributed by atoms with E-state index in [0.717, 1.165) is 25.9 Å². The lowest BCUT2D eigenvalue weighted by Crippen LogP contribution is -2.37. The van der Waals surface area contributed by atoms with E-state index in [2.05, 4.69) is 11.9 Å². The van der Waals surface area contributed by atoms with E-state index in [4.69, 9.17) is 5.11 Å². The number of piperidine rings is 1. The molecule has 0 radical (unpaired) electrons. The van der Waals surface area contributed by atoms with Crippen molar-refractivity contribution in [3.63, 3.8) is 0 Å². The maximum absolute atomic E-state index is 11.7. The molecule has 16 heavy (non-hydrogen) atoms. The second kappa shape index (κ2) is 5.84. The van der Waals surface area contributed by atoms with Crippen molar-refractivity contribution in [2.24, 2.45) is 5.92 Å². The number of carboxylic acid groups (broad SMARTS) is 1. The predicted octanol–water partition coefficient (Wildman–Crippen LogP) is 0.261. The summed E-state index contributed by atoms with van der Waals surface area (Å²) in [6.07, 6.45) is 2.65. The van der Waals surface area contributed by atoms with Crippen LogP contribution in [0.1, 0.15) is 19.3 Å². The maximum atomic E-state index is 11.7. The molecule has 1 atom stereocenters. The van der Waals surface area contributed by atoms with Crippen molar-refractivity contribution < 1.29 is 14.7 Å². The molecule has 1 unspecified atom stereocenters. The minimum atomic E-state index is -0.961. The van der Waals surface area contributed by atoms with E-state index < -0.39 is 5.97 Å². The third kappa shape index (κ3) is 4.18. The quantitative estimate of drug-likeness (QED) is 0.750. The fourth-order valence-corrected chi connectivity index (χ4v) is 2.13. The summed E-state index contributed by atoms with van der Waals surface area (Å²) in [4.78, 5) is 25.7. The van der Waals surface area contributed by atoms with E-state index in [0.29, 0.717) is 12.3 Å². The normalized spacial score (nSPS) is 21.8. The molecule has 5 nitrogen and oxygen atoms in total. The van der Waals surface area contributed by atoms with Crippen LogP contribution in [0.3, 0.4) is 0 Å². The van der Waals surface area contributed by atoms with Crippen LogP contribution >= 0.6 is 0 Å². The van der Waals surface area contributed by atoms with Crippen molar-refractivity contribution in [1.82, 2.24) is 9.80 Å². The molecule has 1 fully saturated rings. The van der Waals surface area contributed by atoms with Gasteiger partial charge in [0.1, 0.15) is 6.54 Å². The first-order valence-electron chi connectivity index (χ1n) is 5.63. The van der Waals surface area contributed by atoms with Crippen molar-refractivity contribution >= 4 is 11.9 Å². The zero-order chi connectivity index (χ0) is 12.1. The summed E-state index contributed by atoms with van der Waals surface area (Å²) in [5.74, 6) is -0.651. The number of nitrogens with zero attached hydrogens (tertiary/aromatic N) is 2. The Labute approximate surface area is 96.0 Å². The molecule has 5 heteroatoms. The average Bonchev–Trinajstić information content (AvgIpc) is 2.16. The summed E-state index contributed by atoms with van der Waals surface area (Å²) in [5, 5.41) is 8.58. The highest BCUT2D eigenvalue weighted by atomic mass is 16.4. The Balaban J connectivity index is 2.35. The lowest BCUT2D eigenvalue weighted by atomic mass is 9.94. The van der Waals surface area contributed by atoms with Gasteiger partial charge in [0.15, 0.2) is 0 Å². The SMILES string of the molecule is CN1CCCC(CC(=O)N(C)CC(=O)O)C1. The highest BCUT2D eigenvalue weighted by Crippen LogP contribution is 2.18. The summed E-state index contributed by atoms with van der Waals surface area (Å²) in [7, 11) is 3.60. The maximum Gasteiger partial charge on any atom is 0.323 e. The smallest absolute Gasteiger partial charge is 0.323 e. The van der Waals surface area contributed by atoms with Crippen molar-refractivity contribution in [3.8, 4) is 0 Å². The molecule has 1 saturated heterocycles. The Morgan fingerprint density at radius 3 is 2.75 bits per heavy atom. The van der Waals surface area contributed by atoms with Crippen molar-refractivity contribution in [3.05, 3.63) is 0 Å². The van der Waals surface area contributed by atoms with Gasteiger partial charge in [-0.3, -0.25) is 9.59 Å². The number of likely N-dealkylation sites (N-methyl/N-ethyl adjacent to an activating group) is 1. The lowest BCUT2D eigenvalue weighted by Gasteiger charge is -2.30. The molecule has 0 aromatic rings.